The van der Waals surface area contributed by atoms with Crippen LogP contribution < -0.4 is 31.2 Å². The number of rotatable bonds is 12. The molecule has 0 unspecified atom stereocenters. The molecule has 1 fully saturated rings. The summed E-state index contributed by atoms with van der Waals surface area (Å²) in [4.78, 5) is 41.2. The van der Waals surface area contributed by atoms with E-state index in [9.17, 15) is 14.9 Å². The summed E-state index contributed by atoms with van der Waals surface area (Å²) in [5, 5.41) is 20.7. The van der Waals surface area contributed by atoms with E-state index in [0.29, 0.717) is 23.1 Å². The van der Waals surface area contributed by atoms with Crippen molar-refractivity contribution in [2.75, 3.05) is 31.8 Å². The number of nitrogens with zero attached hydrogens (tertiary/aromatic N) is 5. The number of nitrogens with two attached hydrogens (primary N) is 1. The van der Waals surface area contributed by atoms with Crippen LogP contribution in [0.1, 0.15) is 83.4 Å². The van der Waals surface area contributed by atoms with Crippen molar-refractivity contribution in [3.05, 3.63) is 133 Å². The van der Waals surface area contributed by atoms with Crippen molar-refractivity contribution < 1.29 is 27.8 Å². The van der Waals surface area contributed by atoms with Crippen molar-refractivity contribution >= 4 is 69.3 Å². The van der Waals surface area contributed by atoms with E-state index in [1.807, 2.05) is 39.2 Å². The van der Waals surface area contributed by atoms with Gasteiger partial charge in [0.2, 0.25) is 11.9 Å². The second kappa shape index (κ2) is 20.0. The number of aryl methyl sites for hydroxylation is 1. The Kier molecular flexibility index (Phi) is 14.5. The fourth-order valence-corrected chi connectivity index (χ4v) is 9.58. The Balaban J connectivity index is 1.10. The zero-order valence-electron chi connectivity index (χ0n) is 38.2. The van der Waals surface area contributed by atoms with Crippen LogP contribution in [-0.4, -0.2) is 64.2 Å². The van der Waals surface area contributed by atoms with Gasteiger partial charge in [-0.15, -0.1) is 0 Å². The molecule has 1 saturated heterocycles. The van der Waals surface area contributed by atoms with E-state index in [2.05, 4.69) is 48.8 Å². The Morgan fingerprint density at radius 2 is 1.81 bits per heavy atom. The Morgan fingerprint density at radius 1 is 1.04 bits per heavy atom. The summed E-state index contributed by atoms with van der Waals surface area (Å²) in [6, 6.07) is 12.9. The largest absolute Gasteiger partial charge is 0.496 e. The molecule has 3 aromatic heterocycles. The van der Waals surface area contributed by atoms with E-state index in [1.54, 1.807) is 19.5 Å². The molecular weight excluding hydrogens is 935 g/mol. The van der Waals surface area contributed by atoms with E-state index in [0.717, 1.165) is 28.6 Å². The second-order valence-electron chi connectivity index (χ2n) is 17.7. The Bertz CT molecular complexity index is 3070. The van der Waals surface area contributed by atoms with Crippen LogP contribution in [0.4, 0.5) is 20.4 Å². The molecule has 0 aliphatic carbocycles. The number of fused-ring (bicyclic) bond motifs is 1. The van der Waals surface area contributed by atoms with Crippen molar-refractivity contribution in [1.82, 2.24) is 30.2 Å². The number of anilines is 2. The quantitative estimate of drug-likeness (QED) is 0.0524. The highest BCUT2D eigenvalue weighted by Crippen LogP contribution is 2.53. The average Bonchev–Trinajstić information content (AvgIpc) is 3.79. The minimum absolute atomic E-state index is 0.00620. The molecule has 13 nitrogen and oxygen atoms in total. The van der Waals surface area contributed by atoms with Crippen LogP contribution >= 0.6 is 34.8 Å². The number of benzene rings is 3. The van der Waals surface area contributed by atoms with Gasteiger partial charge in [0.15, 0.2) is 0 Å². The topological polar surface area (TPSA) is 182 Å². The standard InChI is InChI=1S/C50H48Cl3F2N9O4/c1-26-22-59-36(27(2)43(26)68-7)24-64-23-29(39-44(53)62-48(57)63-45(39)64)11-8-9-18-58-46(65)28-14-17-35(37(19-28)67-6)60-47(66)42-40(31-12-10-13-33(52)41(31)55)50(25-56,38(61-42)21-49(3,4)5)32-16-15-30(51)20-34(32)54/h10,12-17,19-20,22-23,38,40,42,61H,9,18,21,24H2,1-7H3,(H,58,65)(H,60,66)(H2,57,62,63)/t38-,40-,42+,50-/m0/s1. The van der Waals surface area contributed by atoms with E-state index in [1.165, 1.54) is 55.6 Å². The number of hydrogen-bond acceptors (Lipinski definition) is 10. The first kappa shape index (κ1) is 49.4. The average molecular weight is 983 g/mol. The van der Waals surface area contributed by atoms with Crippen LogP contribution in [0.2, 0.25) is 15.2 Å². The second-order valence-corrected chi connectivity index (χ2v) is 18.9. The van der Waals surface area contributed by atoms with Crippen LogP contribution in [0.15, 0.2) is 67.0 Å². The van der Waals surface area contributed by atoms with Gasteiger partial charge in [-0.25, -0.2) is 13.8 Å². The van der Waals surface area contributed by atoms with Crippen LogP contribution in [0.5, 0.6) is 11.5 Å². The van der Waals surface area contributed by atoms with Crippen molar-refractivity contribution in [3.63, 3.8) is 0 Å². The lowest BCUT2D eigenvalue weighted by Gasteiger charge is -2.37. The number of pyridine rings is 1. The van der Waals surface area contributed by atoms with Crippen LogP contribution in [0.25, 0.3) is 11.0 Å². The normalized spacial score (nSPS) is 17.8. The van der Waals surface area contributed by atoms with Crippen LogP contribution in [-0.2, 0) is 16.8 Å². The lowest BCUT2D eigenvalue weighted by Crippen LogP contribution is -2.45. The van der Waals surface area contributed by atoms with Crippen molar-refractivity contribution in [1.29, 1.82) is 5.26 Å². The summed E-state index contributed by atoms with van der Waals surface area (Å²) < 4.78 is 45.3. The van der Waals surface area contributed by atoms with Crippen LogP contribution in [0, 0.1) is 54.1 Å². The van der Waals surface area contributed by atoms with Gasteiger partial charge in [-0.3, -0.25) is 14.6 Å². The van der Waals surface area contributed by atoms with E-state index < -0.39 is 52.3 Å². The zero-order valence-corrected chi connectivity index (χ0v) is 40.5. The third kappa shape index (κ3) is 9.76. The Morgan fingerprint density at radius 3 is 2.50 bits per heavy atom. The number of carbonyl (C=O) groups is 2. The van der Waals surface area contributed by atoms with Crippen molar-refractivity contribution in [2.24, 2.45) is 5.41 Å². The molecule has 18 heteroatoms. The van der Waals surface area contributed by atoms with E-state index in [-0.39, 0.29) is 68.7 Å². The molecule has 352 valence electrons. The number of nitrogen functional groups attached to an aromatic ring is 1. The first-order chi connectivity index (χ1) is 32.3. The molecule has 4 heterocycles. The minimum atomic E-state index is -1.82. The van der Waals surface area contributed by atoms with Gasteiger partial charge in [-0.05, 0) is 67.6 Å². The van der Waals surface area contributed by atoms with E-state index >= 15 is 8.78 Å². The number of carbonyl (C=O) groups excluding carboxylic acids is 2. The zero-order chi connectivity index (χ0) is 49.2. The van der Waals surface area contributed by atoms with Crippen molar-refractivity contribution in [2.45, 2.75) is 77.4 Å². The molecule has 1 aliphatic rings. The molecule has 2 amide bonds. The number of halogens is 5. The fourth-order valence-electron chi connectivity index (χ4n) is 8.97. The molecule has 1 aliphatic heterocycles. The molecule has 68 heavy (non-hydrogen) atoms. The fraction of sp³-hybridized carbons (Fsp3) is 0.320. The summed E-state index contributed by atoms with van der Waals surface area (Å²) >= 11 is 19.0. The third-order valence-electron chi connectivity index (χ3n) is 12.0. The van der Waals surface area contributed by atoms with Gasteiger partial charge in [0, 0.05) is 64.6 Å². The summed E-state index contributed by atoms with van der Waals surface area (Å²) in [5.74, 6) is 3.07. The smallest absolute Gasteiger partial charge is 0.251 e. The number of ether oxygens (including phenoxy) is 2. The van der Waals surface area contributed by atoms with E-state index in [4.69, 9.17) is 50.0 Å². The van der Waals surface area contributed by atoms with Crippen LogP contribution in [0.3, 0.4) is 0 Å². The summed E-state index contributed by atoms with van der Waals surface area (Å²) in [6.07, 6.45) is 4.10. The number of hydrogen-bond donors (Lipinski definition) is 4. The summed E-state index contributed by atoms with van der Waals surface area (Å²) in [7, 11) is 2.99. The number of nitriles is 1. The van der Waals surface area contributed by atoms with Gasteiger partial charge < -0.3 is 35.7 Å². The SMILES string of the molecule is COc1cc(C(=O)NCCC#Cc2cn(Cc3ncc(C)c(OC)c3C)c3nc(N)nc(Cl)c23)ccc1NC(=O)[C@@H]1N[C@@H](CC(C)(C)C)[C@](C#N)(c2ccc(Cl)cc2F)[C@H]1c1cccc(Cl)c1F. The molecule has 0 bridgehead atoms. The van der Waals surface area contributed by atoms with Crippen molar-refractivity contribution in [3.8, 4) is 29.4 Å². The molecule has 5 N–H and O–H groups in total. The predicted molar refractivity (Wildman–Crippen MR) is 259 cm³/mol. The lowest BCUT2D eigenvalue weighted by molar-refractivity contribution is -0.118. The highest BCUT2D eigenvalue weighted by atomic mass is 35.5. The highest BCUT2D eigenvalue weighted by molar-refractivity contribution is 6.34. The van der Waals surface area contributed by atoms with Gasteiger partial charge in [0.05, 0.1) is 60.2 Å². The van der Waals surface area contributed by atoms with Gasteiger partial charge >= 0.3 is 0 Å². The number of nitrogens with one attached hydrogen (secondary N) is 3. The summed E-state index contributed by atoms with van der Waals surface area (Å²) in [5.41, 5.74) is 7.61. The third-order valence-corrected chi connectivity index (χ3v) is 12.8. The monoisotopic (exact) mass is 981 g/mol. The number of aromatic nitrogens is 4. The maximum Gasteiger partial charge on any atom is 0.251 e. The van der Waals surface area contributed by atoms with Gasteiger partial charge in [-0.2, -0.15) is 10.2 Å². The lowest BCUT2D eigenvalue weighted by atomic mass is 9.62. The maximum atomic E-state index is 16.2. The molecule has 0 saturated carbocycles. The van der Waals surface area contributed by atoms with Gasteiger partial charge in [0.25, 0.3) is 5.91 Å². The number of methoxy groups -OCH3 is 2. The molecule has 4 atom stereocenters. The first-order valence-corrected chi connectivity index (χ1v) is 22.6. The summed E-state index contributed by atoms with van der Waals surface area (Å²) in [6.45, 7) is 10.2. The molecular formula is C50H48Cl3F2N9O4. The first-order valence-electron chi connectivity index (χ1n) is 21.4. The Hall–Kier alpha value is -6.49. The predicted octanol–water partition coefficient (Wildman–Crippen LogP) is 9.46. The molecule has 3 aromatic carbocycles. The maximum absolute atomic E-state index is 16.2. The molecule has 7 rings (SSSR count). The number of amides is 2. The Labute approximate surface area is 407 Å². The van der Waals surface area contributed by atoms with Gasteiger partial charge in [-0.1, -0.05) is 85.6 Å². The van der Waals surface area contributed by atoms with Gasteiger partial charge in [0.1, 0.15) is 39.3 Å². The molecule has 6 aromatic rings. The minimum Gasteiger partial charge on any atom is -0.496 e. The molecule has 0 spiro atoms. The molecule has 0 radical (unpaired) electrons. The highest BCUT2D eigenvalue weighted by Gasteiger charge is 2.61.